The summed E-state index contributed by atoms with van der Waals surface area (Å²) < 4.78 is 16.9. The molecule has 2 aliphatic carbocycles. The number of rotatable bonds is 1. The Morgan fingerprint density at radius 3 is 2.20 bits per heavy atom. The Bertz CT molecular complexity index is 840. The van der Waals surface area contributed by atoms with Gasteiger partial charge < -0.3 is 4.42 Å². The van der Waals surface area contributed by atoms with Crippen molar-refractivity contribution in [1.82, 2.24) is 4.98 Å². The van der Waals surface area contributed by atoms with E-state index in [4.69, 9.17) is 16.0 Å². The van der Waals surface area contributed by atoms with E-state index in [-0.39, 0.29) is 11.2 Å². The van der Waals surface area contributed by atoms with Crippen molar-refractivity contribution in [3.05, 3.63) is 75.9 Å². The molecule has 2 aliphatic rings. The highest BCUT2D eigenvalue weighted by molar-refractivity contribution is 6.27. The van der Waals surface area contributed by atoms with Crippen LogP contribution in [0.4, 0.5) is 4.39 Å². The fraction of sp³-hybridized carbons (Fsp3) is 0.0625. The number of aromatic nitrogens is 1. The molecule has 2 aromatic rings. The van der Waals surface area contributed by atoms with Crippen LogP contribution in [-0.4, -0.2) is 4.98 Å². The van der Waals surface area contributed by atoms with Crippen molar-refractivity contribution < 1.29 is 8.81 Å². The Morgan fingerprint density at radius 1 is 1.10 bits per heavy atom. The predicted molar refractivity (Wildman–Crippen MR) is 75.8 cm³/mol. The molecule has 0 spiro atoms. The van der Waals surface area contributed by atoms with Crippen LogP contribution in [0.25, 0.3) is 11.3 Å². The molecule has 20 heavy (non-hydrogen) atoms. The standard InChI is InChI=1S/C10H8ClNO.C6H3F/c1-7-2-4-8(5-3-7)9-6-13-10(11)12-9;7-6-3-4-1-2-5(4)6/h2-6H,1H3;1-3H. The number of oxazole rings is 1. The molecular weight excluding hydrogens is 277 g/mol. The maximum absolute atomic E-state index is 12.0. The Balaban J connectivity index is 0.000000144. The maximum Gasteiger partial charge on any atom is 0.292 e. The fourth-order valence-corrected chi connectivity index (χ4v) is 1.99. The minimum Gasteiger partial charge on any atom is -0.436 e. The van der Waals surface area contributed by atoms with Crippen molar-refractivity contribution in [3.63, 3.8) is 0 Å². The van der Waals surface area contributed by atoms with E-state index in [0.29, 0.717) is 0 Å². The molecule has 0 atom stereocenters. The lowest BCUT2D eigenvalue weighted by Crippen LogP contribution is -1.90. The van der Waals surface area contributed by atoms with Crippen LogP contribution < -0.4 is 0 Å². The first-order chi connectivity index (χ1) is 9.63. The first kappa shape index (κ1) is 12.9. The third kappa shape index (κ3) is 2.45. The molecule has 100 valence electrons. The molecule has 0 bridgehead atoms. The van der Waals surface area contributed by atoms with Crippen LogP contribution >= 0.6 is 11.6 Å². The van der Waals surface area contributed by atoms with Gasteiger partial charge in [0.1, 0.15) is 17.8 Å². The van der Waals surface area contributed by atoms with Crippen molar-refractivity contribution in [2.75, 3.05) is 0 Å². The van der Waals surface area contributed by atoms with Gasteiger partial charge in [0.15, 0.2) is 0 Å². The zero-order chi connectivity index (χ0) is 14.1. The second-order valence-corrected chi connectivity index (χ2v) is 4.87. The third-order valence-electron chi connectivity index (χ3n) is 3.10. The van der Waals surface area contributed by atoms with Gasteiger partial charge in [0, 0.05) is 10.8 Å². The van der Waals surface area contributed by atoms with Crippen LogP contribution in [0.2, 0.25) is 5.35 Å². The van der Waals surface area contributed by atoms with Gasteiger partial charge in [-0.2, -0.15) is 4.98 Å². The molecule has 0 unspecified atom stereocenters. The minimum absolute atomic E-state index is 0.0579. The molecule has 4 rings (SSSR count). The quantitative estimate of drug-likeness (QED) is 0.506. The van der Waals surface area contributed by atoms with E-state index in [1.54, 1.807) is 12.3 Å². The summed E-state index contributed by atoms with van der Waals surface area (Å²) in [6, 6.07) is 13.3. The van der Waals surface area contributed by atoms with Gasteiger partial charge in [-0.25, -0.2) is 4.39 Å². The number of aryl methyl sites for hydroxylation is 1. The number of benzene rings is 2. The fourth-order valence-electron chi connectivity index (χ4n) is 1.85. The molecule has 0 radical (unpaired) electrons. The lowest BCUT2D eigenvalue weighted by molar-refractivity contribution is 0.560. The second kappa shape index (κ2) is 5.10. The highest BCUT2D eigenvalue weighted by Crippen LogP contribution is 2.20. The molecule has 1 aromatic carbocycles. The molecule has 0 fully saturated rings. The van der Waals surface area contributed by atoms with Gasteiger partial charge >= 0.3 is 0 Å². The van der Waals surface area contributed by atoms with E-state index in [1.807, 2.05) is 37.3 Å². The van der Waals surface area contributed by atoms with E-state index < -0.39 is 0 Å². The average molecular weight is 288 g/mol. The number of halogens is 2. The van der Waals surface area contributed by atoms with Crippen LogP contribution in [0, 0.1) is 23.2 Å². The minimum atomic E-state index is -0.0579. The normalized spacial score (nSPS) is 10.8. The van der Waals surface area contributed by atoms with Crippen molar-refractivity contribution in [2.24, 2.45) is 0 Å². The van der Waals surface area contributed by atoms with E-state index in [9.17, 15) is 4.39 Å². The van der Waals surface area contributed by atoms with Gasteiger partial charge in [0.25, 0.3) is 5.35 Å². The van der Waals surface area contributed by atoms with Gasteiger partial charge in [-0.15, -0.1) is 0 Å². The predicted octanol–water partition coefficient (Wildman–Crippen LogP) is 4.73. The molecule has 4 heteroatoms. The maximum atomic E-state index is 12.0. The molecule has 2 nitrogen and oxygen atoms in total. The lowest BCUT2D eigenvalue weighted by Gasteiger charge is -2.00. The summed E-state index contributed by atoms with van der Waals surface area (Å²) in [5, 5.41) is 2.05. The Labute approximate surface area is 120 Å². The summed E-state index contributed by atoms with van der Waals surface area (Å²) in [6.07, 6.45) is 1.55. The zero-order valence-electron chi connectivity index (χ0n) is 10.7. The van der Waals surface area contributed by atoms with Crippen LogP contribution in [-0.2, 0) is 0 Å². The second-order valence-electron chi connectivity index (χ2n) is 4.55. The van der Waals surface area contributed by atoms with Crippen LogP contribution in [0.15, 0.2) is 53.1 Å². The van der Waals surface area contributed by atoms with Gasteiger partial charge in [-0.3, -0.25) is 0 Å². The van der Waals surface area contributed by atoms with Crippen molar-refractivity contribution in [1.29, 1.82) is 0 Å². The number of hydrogen-bond acceptors (Lipinski definition) is 2. The topological polar surface area (TPSA) is 26.0 Å². The molecule has 0 saturated carbocycles. The van der Waals surface area contributed by atoms with E-state index in [0.717, 1.165) is 21.7 Å². The van der Waals surface area contributed by atoms with E-state index in [1.165, 1.54) is 11.6 Å². The summed E-state index contributed by atoms with van der Waals surface area (Å²) in [5.41, 5.74) is 3.00. The molecule has 0 N–H and O–H groups in total. The summed E-state index contributed by atoms with van der Waals surface area (Å²) in [6.45, 7) is 2.04. The average Bonchev–Trinajstić information content (AvgIpc) is 2.84. The monoisotopic (exact) mass is 287 g/mol. The van der Waals surface area contributed by atoms with E-state index >= 15 is 0 Å². The summed E-state index contributed by atoms with van der Waals surface area (Å²) in [4.78, 5) is 4.01. The SMILES string of the molecule is Cc1ccc(-c2coc(Cl)n2)cc1.Fc1cc2ccc1=2. The van der Waals surface area contributed by atoms with Gasteiger partial charge in [-0.05, 0) is 29.8 Å². The highest BCUT2D eigenvalue weighted by atomic mass is 35.5. The molecule has 0 aliphatic heterocycles. The van der Waals surface area contributed by atoms with Gasteiger partial charge in [-0.1, -0.05) is 42.0 Å². The summed E-state index contributed by atoms with van der Waals surface area (Å²) in [5.74, 6) is -0.0579. The van der Waals surface area contributed by atoms with Crippen molar-refractivity contribution in [3.8, 4) is 11.3 Å². The van der Waals surface area contributed by atoms with Crippen LogP contribution in [0.1, 0.15) is 5.56 Å². The van der Waals surface area contributed by atoms with E-state index in [2.05, 4.69) is 4.98 Å². The summed E-state index contributed by atoms with van der Waals surface area (Å²) in [7, 11) is 0. The Hall–Kier alpha value is -2.13. The third-order valence-corrected chi connectivity index (χ3v) is 3.28. The molecule has 1 aromatic heterocycles. The molecule has 0 saturated heterocycles. The molecular formula is C16H11ClFNO. The van der Waals surface area contributed by atoms with Crippen LogP contribution in [0.5, 0.6) is 0 Å². The number of nitrogens with zero attached hydrogens (tertiary/aromatic N) is 1. The lowest BCUT2D eigenvalue weighted by atomic mass is 10.1. The molecule has 0 amide bonds. The zero-order valence-corrected chi connectivity index (χ0v) is 11.5. The number of hydrogen-bond donors (Lipinski definition) is 0. The van der Waals surface area contributed by atoms with Gasteiger partial charge in [0.05, 0.1) is 0 Å². The summed E-state index contributed by atoms with van der Waals surface area (Å²) >= 11 is 5.56. The largest absolute Gasteiger partial charge is 0.436 e. The first-order valence-corrected chi connectivity index (χ1v) is 6.49. The van der Waals surface area contributed by atoms with Gasteiger partial charge in [0.2, 0.25) is 0 Å². The van der Waals surface area contributed by atoms with Crippen LogP contribution in [0.3, 0.4) is 0 Å². The Morgan fingerprint density at radius 2 is 1.85 bits per heavy atom. The first-order valence-electron chi connectivity index (χ1n) is 6.11. The Kier molecular flexibility index (Phi) is 3.28. The highest BCUT2D eigenvalue weighted by Gasteiger charge is 2.03. The molecule has 1 heterocycles. The van der Waals surface area contributed by atoms with Crippen molar-refractivity contribution in [2.45, 2.75) is 6.92 Å². The van der Waals surface area contributed by atoms with Crippen molar-refractivity contribution >= 4 is 11.6 Å². The smallest absolute Gasteiger partial charge is 0.292 e.